The molecule has 2 rings (SSSR count). The summed E-state index contributed by atoms with van der Waals surface area (Å²) in [6, 6.07) is 10.5. The SMILES string of the molecule is Cc1ccc(Oc2cc(C)c([N+](=O)[O-])cc2C)c(C#N)c1. The van der Waals surface area contributed by atoms with Crippen molar-refractivity contribution < 1.29 is 9.66 Å². The first-order valence-electron chi connectivity index (χ1n) is 6.36. The summed E-state index contributed by atoms with van der Waals surface area (Å²) in [5.74, 6) is 0.956. The Kier molecular flexibility index (Phi) is 3.90. The van der Waals surface area contributed by atoms with E-state index in [2.05, 4.69) is 6.07 Å². The summed E-state index contributed by atoms with van der Waals surface area (Å²) in [5.41, 5.74) is 2.63. The second-order valence-electron chi connectivity index (χ2n) is 4.87. The van der Waals surface area contributed by atoms with Gasteiger partial charge in [0, 0.05) is 11.6 Å². The molecule has 0 atom stereocenters. The van der Waals surface area contributed by atoms with Crippen LogP contribution in [0.4, 0.5) is 5.69 Å². The molecule has 0 aliphatic rings. The molecular formula is C16H14N2O3. The predicted molar refractivity (Wildman–Crippen MR) is 78.5 cm³/mol. The van der Waals surface area contributed by atoms with E-state index in [-0.39, 0.29) is 5.69 Å². The molecule has 0 spiro atoms. The van der Waals surface area contributed by atoms with E-state index < -0.39 is 4.92 Å². The largest absolute Gasteiger partial charge is 0.456 e. The molecule has 5 heteroatoms. The van der Waals surface area contributed by atoms with E-state index in [0.29, 0.717) is 28.2 Å². The van der Waals surface area contributed by atoms with Gasteiger partial charge in [0.2, 0.25) is 0 Å². The van der Waals surface area contributed by atoms with E-state index in [9.17, 15) is 10.1 Å². The fraction of sp³-hybridized carbons (Fsp3) is 0.188. The number of hydrogen-bond donors (Lipinski definition) is 0. The molecule has 0 aromatic heterocycles. The van der Waals surface area contributed by atoms with Gasteiger partial charge >= 0.3 is 0 Å². The summed E-state index contributed by atoms with van der Waals surface area (Å²) in [6.07, 6.45) is 0. The van der Waals surface area contributed by atoms with E-state index in [4.69, 9.17) is 10.00 Å². The minimum atomic E-state index is -0.418. The molecule has 0 heterocycles. The lowest BCUT2D eigenvalue weighted by molar-refractivity contribution is -0.385. The normalized spacial score (nSPS) is 10.0. The number of benzene rings is 2. The molecule has 21 heavy (non-hydrogen) atoms. The molecule has 0 amide bonds. The Hall–Kier alpha value is -2.87. The van der Waals surface area contributed by atoms with E-state index in [0.717, 1.165) is 5.56 Å². The third-order valence-corrected chi connectivity index (χ3v) is 3.17. The van der Waals surface area contributed by atoms with Gasteiger partial charge in [-0.25, -0.2) is 0 Å². The first-order chi connectivity index (χ1) is 9.92. The van der Waals surface area contributed by atoms with Crippen LogP contribution in [0, 0.1) is 42.2 Å². The third kappa shape index (κ3) is 3.00. The summed E-state index contributed by atoms with van der Waals surface area (Å²) in [4.78, 5) is 10.5. The van der Waals surface area contributed by atoms with E-state index >= 15 is 0 Å². The number of aryl methyl sites for hydroxylation is 3. The summed E-state index contributed by atoms with van der Waals surface area (Å²) in [7, 11) is 0. The summed E-state index contributed by atoms with van der Waals surface area (Å²) in [5, 5.41) is 20.0. The van der Waals surface area contributed by atoms with Crippen LogP contribution in [0.3, 0.4) is 0 Å². The molecule has 0 unspecified atom stereocenters. The monoisotopic (exact) mass is 282 g/mol. The Labute approximate surface area is 122 Å². The van der Waals surface area contributed by atoms with E-state index in [1.165, 1.54) is 6.07 Å². The van der Waals surface area contributed by atoms with Crippen LogP contribution in [0.25, 0.3) is 0 Å². The van der Waals surface area contributed by atoms with Crippen molar-refractivity contribution in [3.8, 4) is 17.6 Å². The van der Waals surface area contributed by atoms with E-state index in [1.807, 2.05) is 13.0 Å². The molecule has 0 fully saturated rings. The standard InChI is InChI=1S/C16H14N2O3/c1-10-4-5-15(13(6-10)9-17)21-16-8-11(2)14(18(19)20)7-12(16)3/h4-8H,1-3H3. The van der Waals surface area contributed by atoms with E-state index in [1.54, 1.807) is 32.0 Å². The smallest absolute Gasteiger partial charge is 0.272 e. The zero-order valence-corrected chi connectivity index (χ0v) is 12.0. The van der Waals surface area contributed by atoms with Crippen molar-refractivity contribution in [2.75, 3.05) is 0 Å². The molecule has 2 aromatic rings. The van der Waals surface area contributed by atoms with Crippen LogP contribution in [-0.2, 0) is 0 Å². The maximum absolute atomic E-state index is 10.9. The lowest BCUT2D eigenvalue weighted by atomic mass is 10.1. The van der Waals surface area contributed by atoms with Gasteiger partial charge in [0.1, 0.15) is 17.6 Å². The van der Waals surface area contributed by atoms with Crippen molar-refractivity contribution in [2.24, 2.45) is 0 Å². The maximum Gasteiger partial charge on any atom is 0.272 e. The third-order valence-electron chi connectivity index (χ3n) is 3.17. The first-order valence-corrected chi connectivity index (χ1v) is 6.36. The number of rotatable bonds is 3. The minimum Gasteiger partial charge on any atom is -0.456 e. The second-order valence-corrected chi connectivity index (χ2v) is 4.87. The number of ether oxygens (including phenoxy) is 1. The highest BCUT2D eigenvalue weighted by atomic mass is 16.6. The Morgan fingerprint density at radius 2 is 1.81 bits per heavy atom. The maximum atomic E-state index is 10.9. The Balaban J connectivity index is 2.44. The number of hydrogen-bond acceptors (Lipinski definition) is 4. The molecule has 0 aliphatic carbocycles. The molecule has 0 saturated carbocycles. The van der Waals surface area contributed by atoms with Crippen LogP contribution in [0.1, 0.15) is 22.3 Å². The van der Waals surface area contributed by atoms with Crippen molar-refractivity contribution in [3.05, 3.63) is 62.7 Å². The van der Waals surface area contributed by atoms with Crippen LogP contribution in [0.15, 0.2) is 30.3 Å². The van der Waals surface area contributed by atoms with Crippen molar-refractivity contribution in [3.63, 3.8) is 0 Å². The average Bonchev–Trinajstić information content (AvgIpc) is 2.43. The van der Waals surface area contributed by atoms with Gasteiger partial charge in [-0.05, 0) is 50.1 Å². The highest BCUT2D eigenvalue weighted by Gasteiger charge is 2.15. The Morgan fingerprint density at radius 3 is 2.43 bits per heavy atom. The summed E-state index contributed by atoms with van der Waals surface area (Å²) in [6.45, 7) is 5.29. The van der Waals surface area contributed by atoms with Crippen LogP contribution in [0.5, 0.6) is 11.5 Å². The second kappa shape index (κ2) is 5.63. The number of nitriles is 1. The van der Waals surface area contributed by atoms with Crippen LogP contribution in [-0.4, -0.2) is 4.92 Å². The molecule has 0 bridgehead atoms. The van der Waals surface area contributed by atoms with Gasteiger partial charge < -0.3 is 4.74 Å². The molecule has 0 radical (unpaired) electrons. The lowest BCUT2D eigenvalue weighted by Crippen LogP contribution is -1.96. The van der Waals surface area contributed by atoms with Crippen LogP contribution in [0.2, 0.25) is 0 Å². The molecule has 2 aromatic carbocycles. The molecule has 0 aliphatic heterocycles. The molecule has 5 nitrogen and oxygen atoms in total. The highest BCUT2D eigenvalue weighted by Crippen LogP contribution is 2.32. The van der Waals surface area contributed by atoms with Gasteiger partial charge in [0.15, 0.2) is 0 Å². The zero-order valence-electron chi connectivity index (χ0n) is 12.0. The lowest BCUT2D eigenvalue weighted by Gasteiger charge is -2.11. The van der Waals surface area contributed by atoms with Gasteiger partial charge in [-0.3, -0.25) is 10.1 Å². The summed E-state index contributed by atoms with van der Waals surface area (Å²) < 4.78 is 5.76. The fourth-order valence-electron chi connectivity index (χ4n) is 2.02. The van der Waals surface area contributed by atoms with Crippen molar-refractivity contribution in [1.29, 1.82) is 5.26 Å². The molecule has 106 valence electrons. The van der Waals surface area contributed by atoms with Crippen LogP contribution < -0.4 is 4.74 Å². The van der Waals surface area contributed by atoms with Crippen LogP contribution >= 0.6 is 0 Å². The number of nitro groups is 1. The quantitative estimate of drug-likeness (QED) is 0.625. The predicted octanol–water partition coefficient (Wildman–Crippen LogP) is 4.18. The van der Waals surface area contributed by atoms with Crippen molar-refractivity contribution >= 4 is 5.69 Å². The average molecular weight is 282 g/mol. The van der Waals surface area contributed by atoms with Gasteiger partial charge in [-0.15, -0.1) is 0 Å². The van der Waals surface area contributed by atoms with Gasteiger partial charge in [-0.1, -0.05) is 6.07 Å². The Bertz CT molecular complexity index is 761. The van der Waals surface area contributed by atoms with Gasteiger partial charge in [0.25, 0.3) is 5.69 Å². The topological polar surface area (TPSA) is 76.2 Å². The van der Waals surface area contributed by atoms with Gasteiger partial charge in [0.05, 0.1) is 10.5 Å². The zero-order chi connectivity index (χ0) is 15.6. The minimum absolute atomic E-state index is 0.0595. The number of nitro benzene ring substituents is 1. The molecule has 0 N–H and O–H groups in total. The van der Waals surface area contributed by atoms with Crippen molar-refractivity contribution in [2.45, 2.75) is 20.8 Å². The fourth-order valence-corrected chi connectivity index (χ4v) is 2.02. The Morgan fingerprint density at radius 1 is 1.10 bits per heavy atom. The summed E-state index contributed by atoms with van der Waals surface area (Å²) >= 11 is 0. The molecule has 0 saturated heterocycles. The first kappa shape index (κ1) is 14.5. The highest BCUT2D eigenvalue weighted by molar-refractivity contribution is 5.53. The van der Waals surface area contributed by atoms with Crippen molar-refractivity contribution in [1.82, 2.24) is 0 Å². The molecular weight excluding hydrogens is 268 g/mol. The number of nitrogens with zero attached hydrogens (tertiary/aromatic N) is 2. The van der Waals surface area contributed by atoms with Gasteiger partial charge in [-0.2, -0.15) is 5.26 Å².